The highest BCUT2D eigenvalue weighted by molar-refractivity contribution is 6.35. The fourth-order valence-corrected chi connectivity index (χ4v) is 14.7. The van der Waals surface area contributed by atoms with Crippen LogP contribution in [0.5, 0.6) is 0 Å². The lowest BCUT2D eigenvalue weighted by molar-refractivity contribution is 0.0241. The van der Waals surface area contributed by atoms with E-state index >= 15 is 0 Å². The van der Waals surface area contributed by atoms with Crippen molar-refractivity contribution in [1.82, 2.24) is 28.7 Å². The molecule has 22 bridgehead atoms. The van der Waals surface area contributed by atoms with Gasteiger partial charge < -0.3 is 0 Å². The molecule has 0 spiro atoms. The average Bonchev–Trinajstić information content (AvgIpc) is 3.89. The first kappa shape index (κ1) is 43.1. The number of benzene rings is 5. The molecule has 74 heavy (non-hydrogen) atoms. The van der Waals surface area contributed by atoms with Gasteiger partial charge in [-0.15, -0.1) is 0 Å². The van der Waals surface area contributed by atoms with Crippen molar-refractivity contribution in [2.75, 3.05) is 0 Å². The van der Waals surface area contributed by atoms with E-state index in [0.29, 0.717) is 38.5 Å². The van der Waals surface area contributed by atoms with Crippen LogP contribution in [0.2, 0.25) is 0 Å². The normalized spacial score (nSPS) is 25.2. The van der Waals surface area contributed by atoms with Crippen molar-refractivity contribution >= 4 is 90.3 Å². The number of carbonyl (C=O) groups excluding carboxylic acids is 8. The predicted molar refractivity (Wildman–Crippen MR) is 263 cm³/mol. The van der Waals surface area contributed by atoms with Crippen molar-refractivity contribution < 1.29 is 38.4 Å². The summed E-state index contributed by atoms with van der Waals surface area (Å²) in [5, 5.41) is -0.0824. The number of rotatable bonds is 0. The maximum Gasteiger partial charge on any atom is 0.261 e. The van der Waals surface area contributed by atoms with E-state index in [0.717, 1.165) is 28.7 Å². The summed E-state index contributed by atoms with van der Waals surface area (Å²) in [5.41, 5.74) is -2.73. The molecule has 30 rings (SSSR count). The first-order chi connectivity index (χ1) is 35.8. The van der Waals surface area contributed by atoms with Crippen molar-refractivity contribution in [2.45, 2.75) is 113 Å². The SMILES string of the molecule is O=C1c2ccc3c4c5ccc(c24)C(=O)N1C1CCCC[C@H]1N1C(=O)c2ccc4c6c(ccc(c26)C1=O)C(=O)N(C4=O)C1CCCC[C@H]1n1c(=O)c2cc4c(=O)n(c(=O)c4cc2c1=O)[C@@H]1CCCC[C@H]1N(C3=O)C5=O. The van der Waals surface area contributed by atoms with Crippen molar-refractivity contribution in [1.29, 1.82) is 0 Å². The van der Waals surface area contributed by atoms with Gasteiger partial charge in [-0.05, 0) is 99.2 Å². The number of aromatic nitrogens is 2. The molecule has 7 aromatic rings. The van der Waals surface area contributed by atoms with Crippen molar-refractivity contribution in [3.63, 3.8) is 0 Å². The second-order valence-electron chi connectivity index (χ2n) is 21.2. The van der Waals surface area contributed by atoms with Crippen LogP contribution in [-0.4, -0.2) is 100 Å². The zero-order chi connectivity index (χ0) is 50.7. The van der Waals surface area contributed by atoms with E-state index in [1.54, 1.807) is 0 Å². The predicted octanol–water partition coefficient (Wildman–Crippen LogP) is 5.30. The van der Waals surface area contributed by atoms with Crippen LogP contribution in [0.15, 0.2) is 79.8 Å². The summed E-state index contributed by atoms with van der Waals surface area (Å²) in [4.78, 5) is 183. The van der Waals surface area contributed by atoms with E-state index in [9.17, 15) is 57.5 Å². The Morgan fingerprint density at radius 2 is 0.432 bits per heavy atom. The van der Waals surface area contributed by atoms with E-state index in [1.165, 1.54) is 60.7 Å². The topological polar surface area (TPSA) is 228 Å². The van der Waals surface area contributed by atoms with Gasteiger partial charge in [0.05, 0.1) is 57.8 Å². The number of hydrogen-bond acceptors (Lipinski definition) is 12. The zero-order valence-corrected chi connectivity index (χ0v) is 39.3. The zero-order valence-electron chi connectivity index (χ0n) is 39.3. The number of carbonyl (C=O) groups is 8. The minimum absolute atomic E-state index is 0.0396. The van der Waals surface area contributed by atoms with E-state index in [4.69, 9.17) is 0 Å². The second-order valence-corrected chi connectivity index (χ2v) is 21.2. The molecule has 0 saturated heterocycles. The van der Waals surface area contributed by atoms with Gasteiger partial charge in [-0.25, -0.2) is 0 Å². The molecule has 0 N–H and O–H groups in total. The van der Waals surface area contributed by atoms with Crippen LogP contribution in [0, 0.1) is 0 Å². The molecule has 20 aliphatic heterocycles. The van der Waals surface area contributed by atoms with Crippen LogP contribution in [0.4, 0.5) is 0 Å². The van der Waals surface area contributed by atoms with Crippen LogP contribution in [-0.2, 0) is 0 Å². The molecular formula is C56H40N6O12. The highest BCUT2D eigenvalue weighted by atomic mass is 16.2. The molecule has 3 saturated carbocycles. The third kappa shape index (κ3) is 5.09. The fraction of sp³-hybridized carbons (Fsp3) is 0.321. The van der Waals surface area contributed by atoms with Gasteiger partial charge >= 0.3 is 0 Å². The number of nitrogens with zero attached hydrogens (tertiary/aromatic N) is 6. The Labute approximate surface area is 416 Å². The van der Waals surface area contributed by atoms with Crippen LogP contribution >= 0.6 is 0 Å². The van der Waals surface area contributed by atoms with E-state index in [2.05, 4.69) is 0 Å². The van der Waals surface area contributed by atoms with E-state index in [-0.39, 0.29) is 126 Å². The standard InChI is InChI=1S/C56H40N6O12/c63-45-23-13-17-27-43-28-18-14-24(41(23)43)46(64)57(45)35-7-1-2-8-36(35)58-47(65)25-15-19-29-44-30(20-16-26(42(25)44)48(58)66)52(70)60(51(29)69)38-10-4-6-12-40(38)62-55(73)33-21-31-32(22-34(33)56(62)74)54(72)61(53(31)71)39-11-5-3-9-37(39)59(49(27)67)50(28)68/h13-22,35-40H,1-12H2/t35-,36?,37?,38-,39-,40-/m1/s1. The molecule has 22 heterocycles. The monoisotopic (exact) mass is 988 g/mol. The lowest BCUT2D eigenvalue weighted by Crippen LogP contribution is -2.61. The van der Waals surface area contributed by atoms with Gasteiger partial charge in [-0.1, -0.05) is 38.5 Å². The Bertz CT molecular complexity index is 3750. The Kier molecular flexibility index (Phi) is 8.48. The Morgan fingerprint density at radius 1 is 0.257 bits per heavy atom. The molecule has 6 atom stereocenters. The van der Waals surface area contributed by atoms with Gasteiger partial charge in [0.25, 0.3) is 69.5 Å². The minimum atomic E-state index is -1.00. The molecule has 5 aromatic carbocycles. The molecule has 8 amide bonds. The Morgan fingerprint density at radius 3 is 0.635 bits per heavy atom. The molecule has 3 fully saturated rings. The van der Waals surface area contributed by atoms with E-state index < -0.39 is 106 Å². The number of amides is 8. The van der Waals surface area contributed by atoms with E-state index in [1.807, 2.05) is 0 Å². The molecular weight excluding hydrogens is 949 g/mol. The summed E-state index contributed by atoms with van der Waals surface area (Å²) in [7, 11) is 0. The third-order valence-electron chi connectivity index (χ3n) is 17.9. The van der Waals surface area contributed by atoms with Gasteiger partial charge in [-0.3, -0.25) is 86.3 Å². The summed E-state index contributed by atoms with van der Waals surface area (Å²) in [5.74, 6) is -5.87. The van der Waals surface area contributed by atoms with Crippen LogP contribution < -0.4 is 22.2 Å². The van der Waals surface area contributed by atoms with Gasteiger partial charge in [0.1, 0.15) is 0 Å². The van der Waals surface area contributed by atoms with Gasteiger partial charge in [0.2, 0.25) is 0 Å². The van der Waals surface area contributed by atoms with Crippen molar-refractivity contribution in [3.8, 4) is 0 Å². The Hall–Kier alpha value is -8.54. The van der Waals surface area contributed by atoms with Crippen LogP contribution in [0.1, 0.15) is 172 Å². The lowest BCUT2D eigenvalue weighted by Gasteiger charge is -2.46. The van der Waals surface area contributed by atoms with Crippen molar-refractivity contribution in [2.24, 2.45) is 0 Å². The summed E-state index contributed by atoms with van der Waals surface area (Å²) in [6.07, 6.45) is 4.70. The number of hydrogen-bond donors (Lipinski definition) is 0. The quantitative estimate of drug-likeness (QED) is 0.177. The molecule has 2 unspecified atom stereocenters. The molecule has 18 nitrogen and oxygen atoms in total. The number of imide groups is 4. The van der Waals surface area contributed by atoms with Gasteiger partial charge in [0, 0.05) is 66.1 Å². The first-order valence-electron chi connectivity index (χ1n) is 25.4. The van der Waals surface area contributed by atoms with Gasteiger partial charge in [-0.2, -0.15) is 0 Å². The fourth-order valence-electron chi connectivity index (χ4n) is 14.7. The lowest BCUT2D eigenvalue weighted by atomic mass is 9.80. The van der Waals surface area contributed by atoms with Crippen molar-refractivity contribution in [3.05, 3.63) is 147 Å². The molecule has 2 aromatic heterocycles. The second kappa shape index (κ2) is 14.6. The first-order valence-corrected chi connectivity index (χ1v) is 25.4. The van der Waals surface area contributed by atoms with Gasteiger partial charge in [0.15, 0.2) is 0 Å². The molecule has 0 radical (unpaired) electrons. The minimum Gasteiger partial charge on any atom is -0.269 e. The summed E-state index contributed by atoms with van der Waals surface area (Å²) in [6.45, 7) is 0. The molecule has 23 aliphatic rings. The molecule has 18 heteroatoms. The molecule has 366 valence electrons. The third-order valence-corrected chi connectivity index (χ3v) is 17.9. The molecule has 3 aliphatic carbocycles. The maximum absolute atomic E-state index is 15.0. The Balaban J connectivity index is 0.960. The summed E-state index contributed by atoms with van der Waals surface area (Å²) < 4.78 is 2.06. The highest BCUT2D eigenvalue weighted by Crippen LogP contribution is 2.46. The largest absolute Gasteiger partial charge is 0.269 e. The van der Waals surface area contributed by atoms with Crippen LogP contribution in [0.25, 0.3) is 43.1 Å². The highest BCUT2D eigenvalue weighted by Gasteiger charge is 2.52. The average molecular weight is 989 g/mol. The summed E-state index contributed by atoms with van der Waals surface area (Å²) in [6, 6.07) is 7.97. The smallest absolute Gasteiger partial charge is 0.261 e. The van der Waals surface area contributed by atoms with Crippen LogP contribution in [0.3, 0.4) is 0 Å². The summed E-state index contributed by atoms with van der Waals surface area (Å²) >= 11 is 0. The maximum atomic E-state index is 15.0.